The Morgan fingerprint density at radius 2 is 1.68 bits per heavy atom. The van der Waals surface area contributed by atoms with Gasteiger partial charge in [0.05, 0.1) is 13.5 Å². The Balaban J connectivity index is 4.45. The molecular formula is C15H29NO3. The van der Waals surface area contributed by atoms with E-state index in [0.29, 0.717) is 6.54 Å². The number of carbonyl (C=O) groups excluding carboxylic acids is 2. The van der Waals surface area contributed by atoms with Gasteiger partial charge in [0, 0.05) is 19.0 Å². The van der Waals surface area contributed by atoms with Crippen LogP contribution in [-0.2, 0) is 14.3 Å². The normalized spacial score (nSPS) is 10.6. The van der Waals surface area contributed by atoms with Crippen LogP contribution in [0, 0.1) is 5.92 Å². The Bertz CT molecular complexity index is 262. The molecule has 0 aliphatic heterocycles. The largest absolute Gasteiger partial charge is 0.469 e. The van der Waals surface area contributed by atoms with E-state index in [1.807, 2.05) is 18.7 Å². The Hall–Kier alpha value is -1.06. The van der Waals surface area contributed by atoms with E-state index in [-0.39, 0.29) is 24.2 Å². The minimum Gasteiger partial charge on any atom is -0.469 e. The Kier molecular flexibility index (Phi) is 10.2. The minimum atomic E-state index is -0.252. The number of esters is 1. The quantitative estimate of drug-likeness (QED) is 0.453. The molecule has 0 saturated carbocycles. The third kappa shape index (κ3) is 7.19. The first kappa shape index (κ1) is 17.9. The molecule has 0 fully saturated rings. The topological polar surface area (TPSA) is 46.6 Å². The van der Waals surface area contributed by atoms with Crippen LogP contribution in [0.5, 0.6) is 0 Å². The highest BCUT2D eigenvalue weighted by molar-refractivity contribution is 5.79. The number of ether oxygens (including phenoxy) is 1. The summed E-state index contributed by atoms with van der Waals surface area (Å²) in [6, 6.07) is 0. The molecule has 4 nitrogen and oxygen atoms in total. The van der Waals surface area contributed by atoms with Crippen LogP contribution in [0.15, 0.2) is 0 Å². The Labute approximate surface area is 117 Å². The van der Waals surface area contributed by atoms with Gasteiger partial charge in [-0.05, 0) is 19.3 Å². The third-order valence-corrected chi connectivity index (χ3v) is 3.49. The van der Waals surface area contributed by atoms with Crippen LogP contribution in [0.2, 0.25) is 0 Å². The monoisotopic (exact) mass is 271 g/mol. The summed E-state index contributed by atoms with van der Waals surface area (Å²) >= 11 is 0. The molecule has 0 heterocycles. The van der Waals surface area contributed by atoms with Crippen LogP contribution in [0.4, 0.5) is 0 Å². The highest BCUT2D eigenvalue weighted by Gasteiger charge is 2.21. The number of hydrogen-bond donors (Lipinski definition) is 0. The molecule has 0 bridgehead atoms. The summed E-state index contributed by atoms with van der Waals surface area (Å²) in [6.45, 7) is 7.45. The zero-order valence-corrected chi connectivity index (χ0v) is 12.9. The van der Waals surface area contributed by atoms with Crippen LogP contribution in [0.1, 0.15) is 59.3 Å². The zero-order chi connectivity index (χ0) is 14.7. The molecule has 0 aromatic carbocycles. The molecule has 0 spiro atoms. The molecule has 0 aliphatic carbocycles. The van der Waals surface area contributed by atoms with Gasteiger partial charge >= 0.3 is 5.97 Å². The van der Waals surface area contributed by atoms with E-state index >= 15 is 0 Å². The third-order valence-electron chi connectivity index (χ3n) is 3.49. The average molecular weight is 271 g/mol. The standard InChI is InChI=1S/C15H29NO3/c1-5-8-9-11-16(12-10-14(17)19-4)15(18)13(6-2)7-3/h13H,5-12H2,1-4H3. The Morgan fingerprint density at radius 3 is 2.16 bits per heavy atom. The summed E-state index contributed by atoms with van der Waals surface area (Å²) in [5, 5.41) is 0. The maximum absolute atomic E-state index is 12.4. The molecule has 0 N–H and O–H groups in total. The van der Waals surface area contributed by atoms with Crippen molar-refractivity contribution in [2.45, 2.75) is 59.3 Å². The van der Waals surface area contributed by atoms with Gasteiger partial charge in [-0.25, -0.2) is 0 Å². The number of nitrogens with zero attached hydrogens (tertiary/aromatic N) is 1. The van der Waals surface area contributed by atoms with E-state index in [0.717, 1.165) is 38.6 Å². The first-order chi connectivity index (χ1) is 9.10. The van der Waals surface area contributed by atoms with E-state index < -0.39 is 0 Å². The smallest absolute Gasteiger partial charge is 0.307 e. The molecule has 0 radical (unpaired) electrons. The van der Waals surface area contributed by atoms with Crippen molar-refractivity contribution in [1.82, 2.24) is 4.90 Å². The lowest BCUT2D eigenvalue weighted by atomic mass is 10.0. The van der Waals surface area contributed by atoms with E-state index in [2.05, 4.69) is 11.7 Å². The number of methoxy groups -OCH3 is 1. The zero-order valence-electron chi connectivity index (χ0n) is 12.9. The van der Waals surface area contributed by atoms with Crippen molar-refractivity contribution in [3.63, 3.8) is 0 Å². The summed E-state index contributed by atoms with van der Waals surface area (Å²) in [7, 11) is 1.38. The molecule has 0 unspecified atom stereocenters. The van der Waals surface area contributed by atoms with Crippen molar-refractivity contribution in [3.05, 3.63) is 0 Å². The number of amides is 1. The van der Waals surface area contributed by atoms with E-state index in [1.165, 1.54) is 7.11 Å². The second-order valence-corrected chi connectivity index (χ2v) is 4.87. The van der Waals surface area contributed by atoms with Crippen LogP contribution in [0.25, 0.3) is 0 Å². The molecule has 4 heteroatoms. The van der Waals surface area contributed by atoms with E-state index in [1.54, 1.807) is 0 Å². The molecule has 0 atom stereocenters. The highest BCUT2D eigenvalue weighted by Crippen LogP contribution is 2.13. The second-order valence-electron chi connectivity index (χ2n) is 4.87. The first-order valence-electron chi connectivity index (χ1n) is 7.46. The second kappa shape index (κ2) is 10.8. The SMILES string of the molecule is CCCCCN(CCC(=O)OC)C(=O)C(CC)CC. The van der Waals surface area contributed by atoms with Crippen molar-refractivity contribution >= 4 is 11.9 Å². The maximum atomic E-state index is 12.4. The van der Waals surface area contributed by atoms with Gasteiger partial charge in [-0.3, -0.25) is 9.59 Å². The molecule has 112 valence electrons. The fraction of sp³-hybridized carbons (Fsp3) is 0.867. The first-order valence-corrected chi connectivity index (χ1v) is 7.46. The van der Waals surface area contributed by atoms with Crippen LogP contribution in [-0.4, -0.2) is 37.0 Å². The van der Waals surface area contributed by atoms with Gasteiger partial charge in [0.1, 0.15) is 0 Å². The maximum Gasteiger partial charge on any atom is 0.307 e. The summed E-state index contributed by atoms with van der Waals surface area (Å²) in [4.78, 5) is 25.4. The average Bonchev–Trinajstić information content (AvgIpc) is 2.43. The van der Waals surface area contributed by atoms with Crippen LogP contribution in [0.3, 0.4) is 0 Å². The molecule has 0 aromatic rings. The molecule has 0 saturated heterocycles. The van der Waals surface area contributed by atoms with Crippen molar-refractivity contribution in [3.8, 4) is 0 Å². The number of rotatable bonds is 10. The molecule has 0 aromatic heterocycles. The van der Waals surface area contributed by atoms with Crippen LogP contribution >= 0.6 is 0 Å². The summed E-state index contributed by atoms with van der Waals surface area (Å²) in [6.07, 6.45) is 5.25. The molecule has 19 heavy (non-hydrogen) atoms. The Morgan fingerprint density at radius 1 is 1.05 bits per heavy atom. The molecule has 0 aliphatic rings. The van der Waals surface area contributed by atoms with Crippen molar-refractivity contribution < 1.29 is 14.3 Å². The predicted molar refractivity (Wildman–Crippen MR) is 76.8 cm³/mol. The lowest BCUT2D eigenvalue weighted by molar-refractivity contribution is -0.142. The number of carbonyl (C=O) groups is 2. The van der Waals surface area contributed by atoms with Crippen molar-refractivity contribution in [1.29, 1.82) is 0 Å². The van der Waals surface area contributed by atoms with Gasteiger partial charge in [-0.15, -0.1) is 0 Å². The predicted octanol–water partition coefficient (Wildman–Crippen LogP) is 3.00. The van der Waals surface area contributed by atoms with Gasteiger partial charge in [0.25, 0.3) is 0 Å². The highest BCUT2D eigenvalue weighted by atomic mass is 16.5. The summed E-state index contributed by atoms with van der Waals surface area (Å²) < 4.78 is 4.64. The minimum absolute atomic E-state index is 0.0827. The number of unbranched alkanes of at least 4 members (excludes halogenated alkanes) is 2. The van der Waals surface area contributed by atoms with Gasteiger partial charge in [0.15, 0.2) is 0 Å². The van der Waals surface area contributed by atoms with Gasteiger partial charge in [0.2, 0.25) is 5.91 Å². The molecule has 0 rings (SSSR count). The fourth-order valence-corrected chi connectivity index (χ4v) is 2.11. The van der Waals surface area contributed by atoms with Crippen molar-refractivity contribution in [2.75, 3.05) is 20.2 Å². The van der Waals surface area contributed by atoms with Gasteiger partial charge < -0.3 is 9.64 Å². The van der Waals surface area contributed by atoms with Crippen LogP contribution < -0.4 is 0 Å². The summed E-state index contributed by atoms with van der Waals surface area (Å²) in [5.74, 6) is 0.0159. The number of hydrogen-bond acceptors (Lipinski definition) is 3. The van der Waals surface area contributed by atoms with Crippen molar-refractivity contribution in [2.24, 2.45) is 5.92 Å². The van der Waals surface area contributed by atoms with E-state index in [4.69, 9.17) is 0 Å². The van der Waals surface area contributed by atoms with E-state index in [9.17, 15) is 9.59 Å². The fourth-order valence-electron chi connectivity index (χ4n) is 2.11. The van der Waals surface area contributed by atoms with Gasteiger partial charge in [-0.1, -0.05) is 33.6 Å². The summed E-state index contributed by atoms with van der Waals surface area (Å²) in [5.41, 5.74) is 0. The van der Waals surface area contributed by atoms with Gasteiger partial charge in [-0.2, -0.15) is 0 Å². The molecular weight excluding hydrogens is 242 g/mol. The lowest BCUT2D eigenvalue weighted by Crippen LogP contribution is -2.38. The molecule has 1 amide bonds. The lowest BCUT2D eigenvalue weighted by Gasteiger charge is -2.26.